The van der Waals surface area contributed by atoms with Gasteiger partial charge in [-0.3, -0.25) is 9.52 Å². The molecule has 0 saturated carbocycles. The van der Waals surface area contributed by atoms with E-state index in [-0.39, 0.29) is 16.8 Å². The van der Waals surface area contributed by atoms with Crippen LogP contribution in [0.3, 0.4) is 0 Å². The van der Waals surface area contributed by atoms with E-state index in [1.54, 1.807) is 30.0 Å². The molecule has 3 N–H and O–H groups in total. The summed E-state index contributed by atoms with van der Waals surface area (Å²) in [5.74, 6) is 0.545. The fraction of sp³-hybridized carbons (Fsp3) is 0.350. The van der Waals surface area contributed by atoms with Crippen molar-refractivity contribution in [3.63, 3.8) is 0 Å². The third-order valence-electron chi connectivity index (χ3n) is 4.78. The maximum Gasteiger partial charge on any atom is 0.417 e. The number of alkyl halides is 3. The lowest BCUT2D eigenvalue weighted by atomic mass is 9.94. The van der Waals surface area contributed by atoms with E-state index in [0.29, 0.717) is 34.9 Å². The number of nitrogens with zero attached hydrogens (tertiary/aromatic N) is 1. The number of ether oxygens (including phenoxy) is 1. The molecule has 1 aliphatic heterocycles. The average Bonchev–Trinajstić information content (AvgIpc) is 2.62. The molecule has 2 aromatic carbocycles. The second-order valence-corrected chi connectivity index (χ2v) is 8.25. The molecule has 1 aliphatic rings. The maximum absolute atomic E-state index is 13.6. The summed E-state index contributed by atoms with van der Waals surface area (Å²) < 4.78 is 49.6. The number of rotatable bonds is 6. The summed E-state index contributed by atoms with van der Waals surface area (Å²) in [4.78, 5) is 13.1. The Kier molecular flexibility index (Phi) is 5.73. The van der Waals surface area contributed by atoms with E-state index in [9.17, 15) is 18.0 Å². The normalized spacial score (nSPS) is 15.7. The Morgan fingerprint density at radius 2 is 1.97 bits per heavy atom. The Morgan fingerprint density at radius 3 is 2.55 bits per heavy atom. The summed E-state index contributed by atoms with van der Waals surface area (Å²) in [5, 5.41) is 0. The van der Waals surface area contributed by atoms with Gasteiger partial charge in [0, 0.05) is 18.8 Å². The molecule has 0 bridgehead atoms. The van der Waals surface area contributed by atoms with Crippen molar-refractivity contribution < 1.29 is 22.7 Å². The van der Waals surface area contributed by atoms with Crippen LogP contribution in [-0.2, 0) is 11.0 Å². The van der Waals surface area contributed by atoms with Gasteiger partial charge in [-0.2, -0.15) is 13.2 Å². The molecule has 0 radical (unpaired) electrons. The third-order valence-corrected chi connectivity index (χ3v) is 5.91. The second kappa shape index (κ2) is 7.79. The highest BCUT2D eigenvalue weighted by Gasteiger charge is 2.38. The Labute approximate surface area is 171 Å². The van der Waals surface area contributed by atoms with E-state index in [1.165, 1.54) is 25.1 Å². The fourth-order valence-electron chi connectivity index (χ4n) is 3.50. The molecule has 29 heavy (non-hydrogen) atoms. The molecule has 9 heteroatoms. The van der Waals surface area contributed by atoms with Gasteiger partial charge < -0.3 is 15.4 Å². The van der Waals surface area contributed by atoms with Gasteiger partial charge in [0.25, 0.3) is 0 Å². The predicted octanol–water partition coefficient (Wildman–Crippen LogP) is 4.10. The van der Waals surface area contributed by atoms with Crippen molar-refractivity contribution >= 4 is 24.0 Å². The smallest absolute Gasteiger partial charge is 0.417 e. The van der Waals surface area contributed by atoms with Crippen LogP contribution in [0, 0.1) is 6.92 Å². The molecule has 1 amide bonds. The van der Waals surface area contributed by atoms with Crippen molar-refractivity contribution in [2.45, 2.75) is 30.5 Å². The molecule has 5 nitrogen and oxygen atoms in total. The molecular weight excluding hydrogens is 403 g/mol. The lowest BCUT2D eigenvalue weighted by molar-refractivity contribution is -0.137. The van der Waals surface area contributed by atoms with Gasteiger partial charge in [0.05, 0.1) is 23.1 Å². The highest BCUT2D eigenvalue weighted by molar-refractivity contribution is 7.97. The van der Waals surface area contributed by atoms with Gasteiger partial charge in [-0.25, -0.2) is 0 Å². The van der Waals surface area contributed by atoms with Crippen molar-refractivity contribution in [1.29, 1.82) is 0 Å². The van der Waals surface area contributed by atoms with Crippen LogP contribution in [-0.4, -0.2) is 37.0 Å². The topological polar surface area (TPSA) is 67.6 Å². The standard InChI is InChI=1S/C20H22F3N3O2S/c1-12-6-14(24)8-15(20(21,22)23)18(12)13-4-5-16(28-3)17(7-13)29-25-19(2)9-26(10-19)11-27/h4-8,11,25H,9-10,24H2,1-3H3. The summed E-state index contributed by atoms with van der Waals surface area (Å²) in [6, 6.07) is 7.42. The van der Waals surface area contributed by atoms with E-state index in [1.807, 2.05) is 6.92 Å². The monoisotopic (exact) mass is 425 g/mol. The number of anilines is 1. The number of aryl methyl sites for hydroxylation is 1. The molecule has 156 valence electrons. The minimum atomic E-state index is -4.53. The minimum Gasteiger partial charge on any atom is -0.496 e. The number of hydrogen-bond acceptors (Lipinski definition) is 5. The van der Waals surface area contributed by atoms with Crippen LogP contribution in [0.4, 0.5) is 18.9 Å². The minimum absolute atomic E-state index is 0.0704. The highest BCUT2D eigenvalue weighted by atomic mass is 32.2. The molecule has 2 aromatic rings. The molecule has 0 spiro atoms. The van der Waals surface area contributed by atoms with E-state index in [0.717, 1.165) is 12.5 Å². The van der Waals surface area contributed by atoms with Crippen molar-refractivity contribution in [3.8, 4) is 16.9 Å². The number of nitrogens with one attached hydrogen (secondary N) is 1. The van der Waals surface area contributed by atoms with E-state index in [2.05, 4.69) is 4.72 Å². The molecule has 1 fully saturated rings. The summed E-state index contributed by atoms with van der Waals surface area (Å²) >= 11 is 1.27. The van der Waals surface area contributed by atoms with Gasteiger partial charge in [0.2, 0.25) is 6.41 Å². The number of nitrogen functional groups attached to an aromatic ring is 1. The van der Waals surface area contributed by atoms with E-state index >= 15 is 0 Å². The fourth-order valence-corrected chi connectivity index (χ4v) is 4.42. The van der Waals surface area contributed by atoms with Crippen LogP contribution in [0.5, 0.6) is 5.75 Å². The largest absolute Gasteiger partial charge is 0.496 e. The summed E-state index contributed by atoms with van der Waals surface area (Å²) in [5.41, 5.74) is 5.65. The van der Waals surface area contributed by atoms with Gasteiger partial charge in [0.1, 0.15) is 5.75 Å². The number of hydrogen-bond donors (Lipinski definition) is 2. The first-order chi connectivity index (χ1) is 13.6. The van der Waals surface area contributed by atoms with Crippen molar-refractivity contribution in [1.82, 2.24) is 9.62 Å². The molecule has 1 heterocycles. The summed E-state index contributed by atoms with van der Waals surface area (Å²) in [7, 11) is 1.51. The number of carbonyl (C=O) groups excluding carboxylic acids is 1. The number of methoxy groups -OCH3 is 1. The van der Waals surface area contributed by atoms with Crippen LogP contribution in [0.25, 0.3) is 11.1 Å². The molecule has 0 atom stereocenters. The van der Waals surface area contributed by atoms with Gasteiger partial charge in [0.15, 0.2) is 0 Å². The molecule has 1 saturated heterocycles. The molecule has 0 aromatic heterocycles. The summed E-state index contributed by atoms with van der Waals surface area (Å²) in [6.45, 7) is 4.70. The van der Waals surface area contributed by atoms with E-state index in [4.69, 9.17) is 10.5 Å². The Balaban J connectivity index is 1.97. The number of carbonyl (C=O) groups is 1. The predicted molar refractivity (Wildman–Crippen MR) is 108 cm³/mol. The lowest BCUT2D eigenvalue weighted by Gasteiger charge is -2.46. The van der Waals surface area contributed by atoms with Gasteiger partial charge in [-0.05, 0) is 66.8 Å². The van der Waals surface area contributed by atoms with Crippen molar-refractivity contribution in [2.24, 2.45) is 0 Å². The number of nitrogens with two attached hydrogens (primary N) is 1. The molecule has 0 aliphatic carbocycles. The van der Waals surface area contributed by atoms with Crippen LogP contribution in [0.15, 0.2) is 35.2 Å². The van der Waals surface area contributed by atoms with Crippen LogP contribution >= 0.6 is 11.9 Å². The van der Waals surface area contributed by atoms with Gasteiger partial charge in [-0.1, -0.05) is 6.07 Å². The van der Waals surface area contributed by atoms with Crippen molar-refractivity contribution in [3.05, 3.63) is 41.5 Å². The molecule has 0 unspecified atom stereocenters. The number of likely N-dealkylation sites (tertiary alicyclic amines) is 1. The third kappa shape index (κ3) is 4.45. The first kappa shape index (κ1) is 21.3. The van der Waals surface area contributed by atoms with Crippen LogP contribution < -0.4 is 15.2 Å². The molecular formula is C20H22F3N3O2S. The first-order valence-electron chi connectivity index (χ1n) is 8.85. The van der Waals surface area contributed by atoms with Crippen molar-refractivity contribution in [2.75, 3.05) is 25.9 Å². The zero-order valence-corrected chi connectivity index (χ0v) is 17.1. The van der Waals surface area contributed by atoms with Gasteiger partial charge in [-0.15, -0.1) is 0 Å². The Hall–Kier alpha value is -2.39. The summed E-state index contributed by atoms with van der Waals surface area (Å²) in [6.07, 6.45) is -3.74. The van der Waals surface area contributed by atoms with Gasteiger partial charge >= 0.3 is 6.18 Å². The highest BCUT2D eigenvalue weighted by Crippen LogP contribution is 2.42. The lowest BCUT2D eigenvalue weighted by Crippen LogP contribution is -2.65. The number of amides is 1. The number of benzene rings is 2. The average molecular weight is 425 g/mol. The SMILES string of the molecule is COc1ccc(-c2c(C)cc(N)cc2C(F)(F)F)cc1SNC1(C)CN(C=O)C1. The maximum atomic E-state index is 13.6. The van der Waals surface area contributed by atoms with Crippen LogP contribution in [0.2, 0.25) is 0 Å². The Bertz CT molecular complexity index is 928. The zero-order chi connectivity index (χ0) is 21.4. The molecule has 3 rings (SSSR count). The quantitative estimate of drug-likeness (QED) is 0.414. The zero-order valence-electron chi connectivity index (χ0n) is 16.3. The first-order valence-corrected chi connectivity index (χ1v) is 9.67. The second-order valence-electron chi connectivity index (χ2n) is 7.40. The Morgan fingerprint density at radius 1 is 1.28 bits per heavy atom. The van der Waals surface area contributed by atoms with Crippen LogP contribution in [0.1, 0.15) is 18.1 Å². The number of halogens is 3. The van der Waals surface area contributed by atoms with E-state index < -0.39 is 11.7 Å².